The fourth-order valence-corrected chi connectivity index (χ4v) is 3.48. The molecule has 3 aromatic heterocycles. The third-order valence-corrected chi connectivity index (χ3v) is 4.80. The Morgan fingerprint density at radius 3 is 3.04 bits per heavy atom. The number of ether oxygens (including phenoxy) is 1. The van der Waals surface area contributed by atoms with Gasteiger partial charge in [-0.3, -0.25) is 0 Å². The summed E-state index contributed by atoms with van der Waals surface area (Å²) in [6.07, 6.45) is 6.27. The van der Waals surface area contributed by atoms with Crippen LogP contribution in [0.25, 0.3) is 16.6 Å². The lowest BCUT2D eigenvalue weighted by molar-refractivity contribution is 0.249. The molecule has 0 aliphatic carbocycles. The van der Waals surface area contributed by atoms with Crippen LogP contribution in [0.15, 0.2) is 55.1 Å². The zero-order chi connectivity index (χ0) is 17.3. The molecule has 1 fully saturated rings. The maximum Gasteiger partial charge on any atom is 0.231 e. The van der Waals surface area contributed by atoms with E-state index in [-0.39, 0.29) is 0 Å². The van der Waals surface area contributed by atoms with Gasteiger partial charge < -0.3 is 9.64 Å². The normalized spacial score (nSPS) is 17.2. The molecule has 0 saturated carbocycles. The zero-order valence-corrected chi connectivity index (χ0v) is 14.2. The predicted octanol–water partition coefficient (Wildman–Crippen LogP) is 2.58. The number of rotatable bonds is 4. The zero-order valence-electron chi connectivity index (χ0n) is 14.2. The molecule has 0 N–H and O–H groups in total. The third kappa shape index (κ3) is 2.71. The number of hydrogen-bond donors (Lipinski definition) is 0. The number of para-hydroxylation sites is 1. The summed E-state index contributed by atoms with van der Waals surface area (Å²) in [6.45, 7) is 2.55. The molecule has 1 aliphatic heterocycles. The average Bonchev–Trinajstić information content (AvgIpc) is 3.35. The van der Waals surface area contributed by atoms with Gasteiger partial charge in [0.15, 0.2) is 5.65 Å². The van der Waals surface area contributed by atoms with Crippen LogP contribution in [0.1, 0.15) is 6.42 Å². The summed E-state index contributed by atoms with van der Waals surface area (Å²) >= 11 is 0. The van der Waals surface area contributed by atoms with Crippen molar-refractivity contribution in [3.63, 3.8) is 0 Å². The molecule has 1 atom stereocenters. The van der Waals surface area contributed by atoms with Crippen LogP contribution in [0.5, 0.6) is 5.88 Å². The third-order valence-electron chi connectivity index (χ3n) is 4.80. The Bertz CT molecular complexity index is 1060. The van der Waals surface area contributed by atoms with Crippen LogP contribution in [-0.4, -0.2) is 44.3 Å². The number of anilines is 1. The molecule has 1 saturated heterocycles. The minimum Gasteiger partial charge on any atom is -0.476 e. The van der Waals surface area contributed by atoms with Crippen LogP contribution >= 0.6 is 0 Å². The number of hydrogen-bond acceptors (Lipinski definition) is 6. The minimum atomic E-state index is 0.448. The lowest BCUT2D eigenvalue weighted by atomic mass is 10.1. The van der Waals surface area contributed by atoms with Gasteiger partial charge in [-0.15, -0.1) is 5.10 Å². The van der Waals surface area contributed by atoms with Crippen LogP contribution in [0.2, 0.25) is 0 Å². The number of fused-ring (bicyclic) bond motifs is 2. The highest BCUT2D eigenvalue weighted by Gasteiger charge is 2.25. The summed E-state index contributed by atoms with van der Waals surface area (Å²) in [6, 6.07) is 11.9. The number of nitrogens with zero attached hydrogens (tertiary/aromatic N) is 6. The number of aromatic nitrogens is 5. The Morgan fingerprint density at radius 2 is 2.04 bits per heavy atom. The molecule has 5 rings (SSSR count). The minimum absolute atomic E-state index is 0.448. The van der Waals surface area contributed by atoms with Gasteiger partial charge in [0, 0.05) is 42.9 Å². The highest BCUT2D eigenvalue weighted by molar-refractivity contribution is 5.89. The monoisotopic (exact) mass is 346 g/mol. The van der Waals surface area contributed by atoms with E-state index in [2.05, 4.69) is 31.0 Å². The van der Waals surface area contributed by atoms with Gasteiger partial charge in [0.05, 0.1) is 12.1 Å². The first-order valence-corrected chi connectivity index (χ1v) is 8.75. The van der Waals surface area contributed by atoms with E-state index in [0.717, 1.165) is 41.9 Å². The standard InChI is InChI=1S/C19H18N6O/c1-2-4-16-15(3-1)19(22-13-21-16)24-9-7-14(11-24)12-26-18-6-5-17-20-8-10-25(17)23-18/h1-6,8,10,13-14H,7,9,11-12H2. The summed E-state index contributed by atoms with van der Waals surface area (Å²) in [4.78, 5) is 15.4. The second-order valence-electron chi connectivity index (χ2n) is 6.53. The molecule has 26 heavy (non-hydrogen) atoms. The van der Waals surface area contributed by atoms with E-state index < -0.39 is 0 Å². The summed E-state index contributed by atoms with van der Waals surface area (Å²) in [7, 11) is 0. The average molecular weight is 346 g/mol. The van der Waals surface area contributed by atoms with Crippen LogP contribution < -0.4 is 9.64 Å². The van der Waals surface area contributed by atoms with E-state index in [1.165, 1.54) is 0 Å². The second-order valence-corrected chi connectivity index (χ2v) is 6.53. The van der Waals surface area contributed by atoms with Gasteiger partial charge in [-0.2, -0.15) is 0 Å². The fourth-order valence-electron chi connectivity index (χ4n) is 3.48. The van der Waals surface area contributed by atoms with Crippen molar-refractivity contribution < 1.29 is 4.74 Å². The van der Waals surface area contributed by atoms with Crippen molar-refractivity contribution in [3.05, 3.63) is 55.1 Å². The van der Waals surface area contributed by atoms with Crippen molar-refractivity contribution in [1.29, 1.82) is 0 Å². The maximum atomic E-state index is 5.92. The van der Waals surface area contributed by atoms with Gasteiger partial charge in [-0.25, -0.2) is 19.5 Å². The molecular weight excluding hydrogens is 328 g/mol. The molecule has 4 heterocycles. The predicted molar refractivity (Wildman–Crippen MR) is 98.3 cm³/mol. The van der Waals surface area contributed by atoms with Gasteiger partial charge in [-0.1, -0.05) is 12.1 Å². The van der Waals surface area contributed by atoms with E-state index in [0.29, 0.717) is 18.4 Å². The highest BCUT2D eigenvalue weighted by atomic mass is 16.5. The highest BCUT2D eigenvalue weighted by Crippen LogP contribution is 2.28. The van der Waals surface area contributed by atoms with Crippen molar-refractivity contribution >= 4 is 22.4 Å². The molecule has 7 nitrogen and oxygen atoms in total. The van der Waals surface area contributed by atoms with Gasteiger partial charge >= 0.3 is 0 Å². The van der Waals surface area contributed by atoms with Crippen LogP contribution in [0, 0.1) is 5.92 Å². The van der Waals surface area contributed by atoms with Crippen molar-refractivity contribution in [2.24, 2.45) is 5.92 Å². The maximum absolute atomic E-state index is 5.92. The topological polar surface area (TPSA) is 68.4 Å². The Hall–Kier alpha value is -3.22. The molecule has 4 aromatic rings. The Balaban J connectivity index is 1.28. The Labute approximate surface area is 150 Å². The van der Waals surface area contributed by atoms with Crippen LogP contribution in [-0.2, 0) is 0 Å². The summed E-state index contributed by atoms with van der Waals surface area (Å²) in [5.41, 5.74) is 1.80. The van der Waals surface area contributed by atoms with Gasteiger partial charge in [0.1, 0.15) is 12.1 Å². The molecule has 1 aliphatic rings. The lowest BCUT2D eigenvalue weighted by Crippen LogP contribution is -2.23. The summed E-state index contributed by atoms with van der Waals surface area (Å²) in [5, 5.41) is 5.51. The summed E-state index contributed by atoms with van der Waals surface area (Å²) < 4.78 is 7.65. The van der Waals surface area contributed by atoms with Gasteiger partial charge in [-0.05, 0) is 24.6 Å². The molecule has 0 radical (unpaired) electrons. The van der Waals surface area contributed by atoms with Gasteiger partial charge in [0.2, 0.25) is 5.88 Å². The van der Waals surface area contributed by atoms with Crippen LogP contribution in [0.3, 0.4) is 0 Å². The second kappa shape index (κ2) is 6.25. The fraction of sp³-hybridized carbons (Fsp3) is 0.263. The van der Waals surface area contributed by atoms with E-state index in [1.54, 1.807) is 17.0 Å². The molecule has 0 spiro atoms. The van der Waals surface area contributed by atoms with E-state index in [4.69, 9.17) is 4.74 Å². The quantitative estimate of drug-likeness (QED) is 0.566. The Morgan fingerprint density at radius 1 is 1.08 bits per heavy atom. The Kier molecular flexibility index (Phi) is 3.62. The largest absolute Gasteiger partial charge is 0.476 e. The molecule has 0 amide bonds. The first-order chi connectivity index (χ1) is 12.9. The molecule has 1 aromatic carbocycles. The van der Waals surface area contributed by atoms with E-state index >= 15 is 0 Å². The van der Waals surface area contributed by atoms with Crippen molar-refractivity contribution in [2.75, 3.05) is 24.6 Å². The van der Waals surface area contributed by atoms with E-state index in [9.17, 15) is 0 Å². The van der Waals surface area contributed by atoms with E-state index in [1.807, 2.05) is 36.5 Å². The lowest BCUT2D eigenvalue weighted by Gasteiger charge is -2.19. The SMILES string of the molecule is c1ccc2c(N3CCC(COc4ccc5nccn5n4)C3)ncnc2c1. The van der Waals surface area contributed by atoms with Crippen LogP contribution in [0.4, 0.5) is 5.82 Å². The molecule has 0 bridgehead atoms. The number of benzene rings is 1. The van der Waals surface area contributed by atoms with Crippen molar-refractivity contribution in [3.8, 4) is 5.88 Å². The number of imidazole rings is 1. The molecule has 7 heteroatoms. The summed E-state index contributed by atoms with van der Waals surface area (Å²) in [5.74, 6) is 2.08. The molecular formula is C19H18N6O. The first-order valence-electron chi connectivity index (χ1n) is 8.75. The molecule has 1 unspecified atom stereocenters. The molecule has 130 valence electrons. The van der Waals surface area contributed by atoms with Gasteiger partial charge in [0.25, 0.3) is 0 Å². The van der Waals surface area contributed by atoms with Crippen molar-refractivity contribution in [2.45, 2.75) is 6.42 Å². The smallest absolute Gasteiger partial charge is 0.231 e. The van der Waals surface area contributed by atoms with Crippen molar-refractivity contribution in [1.82, 2.24) is 24.6 Å². The first kappa shape index (κ1) is 15.1.